The molecular weight excluding hydrogens is 290 g/mol. The van der Waals surface area contributed by atoms with Gasteiger partial charge in [-0.25, -0.2) is 4.79 Å². The van der Waals surface area contributed by atoms with E-state index in [0.717, 1.165) is 5.69 Å². The van der Waals surface area contributed by atoms with E-state index < -0.39 is 0 Å². The monoisotopic (exact) mass is 307 g/mol. The minimum atomic E-state index is -0.377. The molecule has 4 rings (SSSR count). The molecule has 2 aromatic heterocycles. The van der Waals surface area contributed by atoms with Crippen LogP contribution in [0.1, 0.15) is 11.1 Å². The minimum absolute atomic E-state index is 0.373. The van der Waals surface area contributed by atoms with Crippen molar-refractivity contribution in [1.29, 1.82) is 0 Å². The van der Waals surface area contributed by atoms with Crippen molar-refractivity contribution in [2.45, 2.75) is 13.3 Å². The second kappa shape index (κ2) is 5.05. The quantitative estimate of drug-likeness (QED) is 0.420. The van der Waals surface area contributed by atoms with Crippen LogP contribution in [0.2, 0.25) is 0 Å². The molecular formula is C18H17N3O2. The van der Waals surface area contributed by atoms with Crippen LogP contribution in [-0.4, -0.2) is 26.6 Å². The Morgan fingerprint density at radius 2 is 1.87 bits per heavy atom. The van der Waals surface area contributed by atoms with E-state index in [4.69, 9.17) is 4.74 Å². The molecule has 0 saturated heterocycles. The highest BCUT2D eigenvalue weighted by Crippen LogP contribution is 2.26. The fourth-order valence-corrected chi connectivity index (χ4v) is 2.92. The highest BCUT2D eigenvalue weighted by Gasteiger charge is 2.23. The zero-order chi connectivity index (χ0) is 16.0. The van der Waals surface area contributed by atoms with E-state index in [-0.39, 0.29) is 5.97 Å². The molecule has 0 atom stereocenters. The van der Waals surface area contributed by atoms with Crippen LogP contribution < -0.4 is 0 Å². The van der Waals surface area contributed by atoms with Gasteiger partial charge in [0.15, 0.2) is 0 Å². The van der Waals surface area contributed by atoms with Gasteiger partial charge < -0.3 is 4.74 Å². The van der Waals surface area contributed by atoms with Crippen LogP contribution >= 0.6 is 0 Å². The molecule has 2 aromatic carbocycles. The normalized spacial score (nSPS) is 11.5. The predicted molar refractivity (Wildman–Crippen MR) is 88.5 cm³/mol. The van der Waals surface area contributed by atoms with Crippen LogP contribution in [0.25, 0.3) is 16.7 Å². The smallest absolute Gasteiger partial charge is 0.330 e. The highest BCUT2D eigenvalue weighted by molar-refractivity contribution is 5.81. The molecule has 0 aliphatic heterocycles. The van der Waals surface area contributed by atoms with E-state index in [9.17, 15) is 4.79 Å². The lowest BCUT2D eigenvalue weighted by atomic mass is 10.1. The molecule has 0 N–H and O–H groups in total. The lowest BCUT2D eigenvalue weighted by Gasteiger charge is -2.07. The number of benzene rings is 2. The standard InChI is InChI=1S/C18H17N3O2/c1-3-18(22)23-11-10-14-8-9-15(12-13(14)2)19-20-16-6-4-5-7-17(16)21(19)20/h3-9,12H,1,10-11H2,2H3. The fraction of sp³-hybridized carbons (Fsp3) is 0.167. The molecule has 0 saturated carbocycles. The third kappa shape index (κ3) is 2.12. The van der Waals surface area contributed by atoms with Crippen molar-refractivity contribution in [2.24, 2.45) is 0 Å². The van der Waals surface area contributed by atoms with Crippen LogP contribution in [0.5, 0.6) is 0 Å². The number of aromatic nitrogens is 3. The summed E-state index contributed by atoms with van der Waals surface area (Å²) in [7, 11) is 0. The Hall–Kier alpha value is -2.95. The van der Waals surface area contributed by atoms with Gasteiger partial charge in [-0.1, -0.05) is 24.8 Å². The van der Waals surface area contributed by atoms with Crippen molar-refractivity contribution in [2.75, 3.05) is 6.61 Å². The van der Waals surface area contributed by atoms with Crippen molar-refractivity contribution < 1.29 is 9.53 Å². The molecule has 2 heterocycles. The van der Waals surface area contributed by atoms with Crippen LogP contribution in [0.3, 0.4) is 0 Å². The van der Waals surface area contributed by atoms with Crippen molar-refractivity contribution >= 4 is 17.0 Å². The van der Waals surface area contributed by atoms with Gasteiger partial charge in [-0.05, 0) is 42.3 Å². The van der Waals surface area contributed by atoms with E-state index >= 15 is 0 Å². The number of carbonyl (C=O) groups is 1. The number of carbonyl (C=O) groups excluding carboxylic acids is 1. The summed E-state index contributed by atoms with van der Waals surface area (Å²) in [5.74, 6) is -0.377. The molecule has 0 aliphatic carbocycles. The molecule has 0 amide bonds. The summed E-state index contributed by atoms with van der Waals surface area (Å²) in [6.07, 6.45) is 1.89. The first-order valence-corrected chi connectivity index (χ1v) is 7.58. The first kappa shape index (κ1) is 13.7. The number of para-hydroxylation sites is 2. The van der Waals surface area contributed by atoms with Crippen molar-refractivity contribution in [3.05, 3.63) is 66.2 Å². The third-order valence-electron chi connectivity index (χ3n) is 4.16. The minimum Gasteiger partial charge on any atom is -0.462 e. The van der Waals surface area contributed by atoms with Gasteiger partial charge in [-0.2, -0.15) is 4.80 Å². The van der Waals surface area contributed by atoms with E-state index in [1.807, 2.05) is 12.1 Å². The number of hydrogen-bond acceptors (Lipinski definition) is 2. The topological polar surface area (TPSA) is 40.0 Å². The molecule has 0 aliphatic rings. The van der Waals surface area contributed by atoms with Crippen molar-refractivity contribution in [1.82, 2.24) is 14.1 Å². The first-order chi connectivity index (χ1) is 11.2. The van der Waals surface area contributed by atoms with Gasteiger partial charge >= 0.3 is 5.97 Å². The molecule has 116 valence electrons. The summed E-state index contributed by atoms with van der Waals surface area (Å²) in [4.78, 5) is 13.2. The molecule has 23 heavy (non-hydrogen) atoms. The Kier molecular flexibility index (Phi) is 3.01. The average Bonchev–Trinajstić information content (AvgIpc) is 3.23. The van der Waals surface area contributed by atoms with Crippen LogP contribution in [0.15, 0.2) is 55.1 Å². The van der Waals surface area contributed by atoms with E-state index in [0.29, 0.717) is 13.0 Å². The summed E-state index contributed by atoms with van der Waals surface area (Å²) < 4.78 is 9.31. The molecule has 5 heteroatoms. The molecule has 0 fully saturated rings. The maximum absolute atomic E-state index is 11.1. The summed E-state index contributed by atoms with van der Waals surface area (Å²) in [6, 6.07) is 14.7. The Morgan fingerprint density at radius 1 is 1.17 bits per heavy atom. The second-order valence-corrected chi connectivity index (χ2v) is 5.59. The maximum atomic E-state index is 11.1. The maximum Gasteiger partial charge on any atom is 0.330 e. The number of ether oxygens (including phenoxy) is 1. The van der Waals surface area contributed by atoms with Gasteiger partial charge in [0.25, 0.3) is 0 Å². The first-order valence-electron chi connectivity index (χ1n) is 7.58. The number of rotatable bonds is 5. The summed E-state index contributed by atoms with van der Waals surface area (Å²) >= 11 is 0. The third-order valence-corrected chi connectivity index (χ3v) is 4.16. The number of aryl methyl sites for hydroxylation is 1. The van der Waals surface area contributed by atoms with E-state index in [1.54, 1.807) is 0 Å². The van der Waals surface area contributed by atoms with Crippen LogP contribution in [0.4, 0.5) is 0 Å². The van der Waals surface area contributed by atoms with Crippen molar-refractivity contribution in [3.63, 3.8) is 0 Å². The largest absolute Gasteiger partial charge is 0.462 e. The lowest BCUT2D eigenvalue weighted by Crippen LogP contribution is -2.05. The SMILES string of the molecule is C=CC(=O)OCCc1ccc(-n2n3c4ccccc4n23)cc1C. The van der Waals surface area contributed by atoms with Crippen LogP contribution in [-0.2, 0) is 16.0 Å². The molecule has 0 spiro atoms. The van der Waals surface area contributed by atoms with E-state index in [2.05, 4.69) is 57.9 Å². The number of esters is 1. The number of hydrogen-bond donors (Lipinski definition) is 0. The Bertz CT molecular complexity index is 960. The average molecular weight is 307 g/mol. The number of fused-ring (bicyclic) bond motifs is 4. The zero-order valence-electron chi connectivity index (χ0n) is 12.9. The van der Waals surface area contributed by atoms with Crippen molar-refractivity contribution in [3.8, 4) is 5.69 Å². The number of nitrogens with zero attached hydrogens (tertiary/aromatic N) is 3. The van der Waals surface area contributed by atoms with Gasteiger partial charge in [0.1, 0.15) is 11.0 Å². The lowest BCUT2D eigenvalue weighted by molar-refractivity contribution is -0.137. The Labute approximate surface area is 133 Å². The second-order valence-electron chi connectivity index (χ2n) is 5.59. The van der Waals surface area contributed by atoms with Gasteiger partial charge in [0, 0.05) is 12.5 Å². The highest BCUT2D eigenvalue weighted by atomic mass is 16.5. The molecule has 5 nitrogen and oxygen atoms in total. The molecule has 0 unspecified atom stereocenters. The summed E-state index contributed by atoms with van der Waals surface area (Å²) in [6.45, 7) is 5.84. The summed E-state index contributed by atoms with van der Waals surface area (Å²) in [5, 5.41) is 0. The Balaban J connectivity index is 1.55. The van der Waals surface area contributed by atoms with Gasteiger partial charge in [-0.15, -0.1) is 9.26 Å². The fourth-order valence-electron chi connectivity index (χ4n) is 2.92. The summed E-state index contributed by atoms with van der Waals surface area (Å²) in [5.41, 5.74) is 5.96. The molecule has 0 bridgehead atoms. The predicted octanol–water partition coefficient (Wildman–Crippen LogP) is 3.00. The Morgan fingerprint density at radius 3 is 2.48 bits per heavy atom. The van der Waals surface area contributed by atoms with E-state index in [1.165, 1.54) is 28.2 Å². The molecule has 4 aromatic rings. The van der Waals surface area contributed by atoms with Crippen LogP contribution in [0, 0.1) is 6.92 Å². The van der Waals surface area contributed by atoms with Gasteiger partial charge in [0.05, 0.1) is 12.3 Å². The van der Waals surface area contributed by atoms with Gasteiger partial charge in [-0.3, -0.25) is 0 Å². The zero-order valence-corrected chi connectivity index (χ0v) is 12.9. The van der Waals surface area contributed by atoms with Gasteiger partial charge in [0.2, 0.25) is 0 Å². The molecule has 0 radical (unpaired) electrons.